The molecule has 3 heterocycles. The molecule has 1 saturated heterocycles. The van der Waals surface area contributed by atoms with Gasteiger partial charge in [-0.05, 0) is 42.3 Å². The summed E-state index contributed by atoms with van der Waals surface area (Å²) in [6.45, 7) is 1.36. The minimum atomic E-state index is -2.07. The lowest BCUT2D eigenvalue weighted by Gasteiger charge is -2.28. The number of aromatic nitrogens is 4. The third-order valence-corrected chi connectivity index (χ3v) is 7.55. The molecular weight excluding hydrogens is 575 g/mol. The van der Waals surface area contributed by atoms with Crippen molar-refractivity contribution in [2.75, 3.05) is 52.7 Å². The Bertz CT molecular complexity index is 1600. The molecule has 1 fully saturated rings. The maximum absolute atomic E-state index is 16.7. The van der Waals surface area contributed by atoms with Crippen molar-refractivity contribution in [1.82, 2.24) is 19.5 Å². The van der Waals surface area contributed by atoms with Gasteiger partial charge in [0.1, 0.15) is 12.2 Å². The number of nitrogens with one attached hydrogen (secondary N) is 2. The Hall–Kier alpha value is -4.40. The number of benzene rings is 2. The van der Waals surface area contributed by atoms with Crippen LogP contribution in [0.3, 0.4) is 0 Å². The van der Waals surface area contributed by atoms with Crippen LogP contribution in [-0.4, -0.2) is 84.6 Å². The number of hydrogen-bond acceptors (Lipinski definition) is 12. The lowest BCUT2D eigenvalue weighted by molar-refractivity contribution is -0.0675. The summed E-state index contributed by atoms with van der Waals surface area (Å²) in [4.78, 5) is 13.6. The van der Waals surface area contributed by atoms with Gasteiger partial charge in [0.2, 0.25) is 5.95 Å². The van der Waals surface area contributed by atoms with E-state index in [1.54, 1.807) is 46.6 Å². The molecule has 3 N–H and O–H groups in total. The number of imidazole rings is 1. The van der Waals surface area contributed by atoms with Crippen LogP contribution in [0.15, 0.2) is 42.7 Å². The van der Waals surface area contributed by atoms with Gasteiger partial charge in [0, 0.05) is 13.6 Å². The van der Waals surface area contributed by atoms with E-state index in [0.717, 1.165) is 11.1 Å². The molecule has 0 unspecified atom stereocenters. The summed E-state index contributed by atoms with van der Waals surface area (Å²) >= 11 is 0. The molecule has 0 aliphatic carbocycles. The zero-order valence-electron chi connectivity index (χ0n) is 25.5. The van der Waals surface area contributed by atoms with Crippen LogP contribution in [0, 0.1) is 0 Å². The Kier molecular flexibility index (Phi) is 9.22. The van der Waals surface area contributed by atoms with Crippen molar-refractivity contribution in [3.8, 4) is 23.0 Å². The summed E-state index contributed by atoms with van der Waals surface area (Å²) in [6.07, 6.45) is -1.79. The quantitative estimate of drug-likeness (QED) is 0.203. The van der Waals surface area contributed by atoms with Crippen molar-refractivity contribution < 1.29 is 37.9 Å². The first kappa shape index (κ1) is 31.0. The average Bonchev–Trinajstić information content (AvgIpc) is 3.58. The van der Waals surface area contributed by atoms with Gasteiger partial charge in [-0.15, -0.1) is 0 Å². The van der Waals surface area contributed by atoms with Crippen LogP contribution in [0.4, 0.5) is 16.2 Å². The van der Waals surface area contributed by atoms with E-state index < -0.39 is 30.7 Å². The molecule has 2 aromatic carbocycles. The Morgan fingerprint density at radius 2 is 1.59 bits per heavy atom. The molecule has 0 radical (unpaired) electrons. The summed E-state index contributed by atoms with van der Waals surface area (Å²) in [5, 5.41) is 16.4. The smallest absolute Gasteiger partial charge is 0.227 e. The van der Waals surface area contributed by atoms with Crippen LogP contribution in [-0.2, 0) is 22.6 Å². The molecule has 1 aliphatic heterocycles. The second kappa shape index (κ2) is 13.1. The number of aliphatic hydroxyl groups is 1. The SMILES string of the molecule is CNc1nc(NCc2ccc(OC)c(OC)c2)nc2c1ncn2[C@@H]1O[C@H](CO)[C@@H](OCc2ccc(OC)c(OC)c2)[C@@]1(C)F. The Labute approximate surface area is 254 Å². The predicted octanol–water partition coefficient (Wildman–Crippen LogP) is 3.72. The fourth-order valence-corrected chi connectivity index (χ4v) is 5.29. The number of nitrogens with zero attached hydrogens (tertiary/aromatic N) is 4. The van der Waals surface area contributed by atoms with Crippen LogP contribution in [0.1, 0.15) is 24.3 Å². The van der Waals surface area contributed by atoms with Crippen LogP contribution >= 0.6 is 0 Å². The number of fused-ring (bicyclic) bond motifs is 1. The zero-order valence-corrected chi connectivity index (χ0v) is 25.5. The number of rotatable bonds is 13. The number of anilines is 2. The van der Waals surface area contributed by atoms with E-state index in [0.29, 0.717) is 46.5 Å². The number of hydrogen-bond donors (Lipinski definition) is 3. The number of halogens is 1. The van der Waals surface area contributed by atoms with Crippen molar-refractivity contribution in [3.63, 3.8) is 0 Å². The van der Waals surface area contributed by atoms with Crippen LogP contribution in [0.5, 0.6) is 23.0 Å². The van der Waals surface area contributed by atoms with Gasteiger partial charge in [0.25, 0.3) is 0 Å². The second-order valence-corrected chi connectivity index (χ2v) is 10.3. The maximum Gasteiger partial charge on any atom is 0.227 e. The minimum absolute atomic E-state index is 0.0536. The van der Waals surface area contributed by atoms with Crippen molar-refractivity contribution >= 4 is 22.9 Å². The molecule has 5 rings (SSSR count). The Morgan fingerprint density at radius 3 is 2.20 bits per heavy atom. The standard InChI is InChI=1S/C30H37FN6O7/c1-30(31)25(43-15-18-8-10-20(40-4)22(12-18)42-6)23(14-38)44-28(30)37-16-34-24-26(32-2)35-29(36-27(24)37)33-13-17-7-9-19(39-3)21(11-17)41-5/h7-12,16,23,25,28,38H,13-15H2,1-6H3,(H2,32,33,35,36)/t23-,25-,28-,30-/m1/s1. The first-order valence-electron chi connectivity index (χ1n) is 13.9. The number of aliphatic hydroxyl groups excluding tert-OH is 1. The van der Waals surface area contributed by atoms with E-state index in [-0.39, 0.29) is 12.6 Å². The molecule has 13 nitrogen and oxygen atoms in total. The second-order valence-electron chi connectivity index (χ2n) is 10.3. The number of methoxy groups -OCH3 is 4. The molecule has 2 aromatic heterocycles. The van der Waals surface area contributed by atoms with Crippen LogP contribution in [0.25, 0.3) is 11.2 Å². The topological polar surface area (TPSA) is 143 Å². The van der Waals surface area contributed by atoms with Gasteiger partial charge in [-0.25, -0.2) is 9.37 Å². The van der Waals surface area contributed by atoms with E-state index in [9.17, 15) is 5.11 Å². The average molecular weight is 613 g/mol. The van der Waals surface area contributed by atoms with Gasteiger partial charge in [-0.3, -0.25) is 4.57 Å². The first-order chi connectivity index (χ1) is 21.3. The molecule has 44 heavy (non-hydrogen) atoms. The van der Waals surface area contributed by atoms with Crippen LogP contribution in [0.2, 0.25) is 0 Å². The van der Waals surface area contributed by atoms with Crippen molar-refractivity contribution in [1.29, 1.82) is 0 Å². The van der Waals surface area contributed by atoms with Crippen molar-refractivity contribution in [2.24, 2.45) is 0 Å². The van der Waals surface area contributed by atoms with Crippen molar-refractivity contribution in [3.05, 3.63) is 53.9 Å². The lowest BCUT2D eigenvalue weighted by Crippen LogP contribution is -2.42. The number of ether oxygens (including phenoxy) is 6. The molecule has 4 aromatic rings. The van der Waals surface area contributed by atoms with Gasteiger partial charge in [-0.1, -0.05) is 12.1 Å². The fourth-order valence-electron chi connectivity index (χ4n) is 5.29. The van der Waals surface area contributed by atoms with Crippen molar-refractivity contribution in [2.45, 2.75) is 44.2 Å². The van der Waals surface area contributed by atoms with E-state index in [1.165, 1.54) is 24.9 Å². The molecule has 0 saturated carbocycles. The monoisotopic (exact) mass is 612 g/mol. The van der Waals surface area contributed by atoms with Gasteiger partial charge in [0.05, 0.1) is 48.0 Å². The van der Waals surface area contributed by atoms with Gasteiger partial charge >= 0.3 is 0 Å². The molecule has 1 aliphatic rings. The molecule has 4 atom stereocenters. The Morgan fingerprint density at radius 1 is 0.955 bits per heavy atom. The molecule has 236 valence electrons. The highest BCUT2D eigenvalue weighted by atomic mass is 19.1. The van der Waals surface area contributed by atoms with E-state index in [4.69, 9.17) is 28.4 Å². The maximum atomic E-state index is 16.7. The van der Waals surface area contributed by atoms with E-state index >= 15 is 4.39 Å². The molecule has 0 amide bonds. The van der Waals surface area contributed by atoms with E-state index in [1.807, 2.05) is 18.2 Å². The van der Waals surface area contributed by atoms with Crippen LogP contribution < -0.4 is 29.6 Å². The number of alkyl halides is 1. The molecule has 14 heteroatoms. The van der Waals surface area contributed by atoms with E-state index in [2.05, 4.69) is 25.6 Å². The summed E-state index contributed by atoms with van der Waals surface area (Å²) in [5.74, 6) is 3.04. The third kappa shape index (κ3) is 5.87. The summed E-state index contributed by atoms with van der Waals surface area (Å²) in [6, 6.07) is 10.9. The fraction of sp³-hybridized carbons (Fsp3) is 0.433. The minimum Gasteiger partial charge on any atom is -0.493 e. The summed E-state index contributed by atoms with van der Waals surface area (Å²) < 4.78 is 51.6. The Balaban J connectivity index is 1.40. The summed E-state index contributed by atoms with van der Waals surface area (Å²) in [5.41, 5.74) is 0.337. The highest BCUT2D eigenvalue weighted by Gasteiger charge is 2.56. The first-order valence-corrected chi connectivity index (χ1v) is 13.9. The highest BCUT2D eigenvalue weighted by Crippen LogP contribution is 2.44. The summed E-state index contributed by atoms with van der Waals surface area (Å²) in [7, 11) is 7.95. The van der Waals surface area contributed by atoms with Gasteiger partial charge in [-0.2, -0.15) is 9.97 Å². The van der Waals surface area contributed by atoms with Gasteiger partial charge < -0.3 is 44.2 Å². The largest absolute Gasteiger partial charge is 0.493 e. The zero-order chi connectivity index (χ0) is 31.4. The normalized spacial score (nSPS) is 21.3. The molecule has 0 spiro atoms. The van der Waals surface area contributed by atoms with Gasteiger partial charge in [0.15, 0.2) is 51.9 Å². The molecule has 0 bridgehead atoms. The predicted molar refractivity (Wildman–Crippen MR) is 160 cm³/mol. The highest BCUT2D eigenvalue weighted by molar-refractivity contribution is 5.84. The molecular formula is C30H37FN6O7. The lowest BCUT2D eigenvalue weighted by atomic mass is 9.98. The third-order valence-electron chi connectivity index (χ3n) is 7.55.